The molecule has 0 radical (unpaired) electrons. The maximum absolute atomic E-state index is 12.5. The fourth-order valence-corrected chi connectivity index (χ4v) is 3.60. The molecule has 1 aromatic carbocycles. The number of hydrogen-bond donors (Lipinski definition) is 0. The Morgan fingerprint density at radius 1 is 1.30 bits per heavy atom. The summed E-state index contributed by atoms with van der Waals surface area (Å²) in [6, 6.07) is 10.4. The number of nitro benzene ring substituents is 1. The quantitative estimate of drug-likeness (QED) is 0.490. The minimum absolute atomic E-state index is 0.0612. The van der Waals surface area contributed by atoms with E-state index in [-0.39, 0.29) is 17.6 Å². The van der Waals surface area contributed by atoms with Gasteiger partial charge in [-0.15, -0.1) is 11.8 Å². The largest absolute Gasteiger partial charge is 0.348 e. The number of nitro groups is 1. The minimum atomic E-state index is -0.426. The summed E-state index contributed by atoms with van der Waals surface area (Å²) in [5.41, 5.74) is 1.22. The second kappa shape index (κ2) is 6.45. The fourth-order valence-electron chi connectivity index (χ4n) is 2.81. The van der Waals surface area contributed by atoms with Gasteiger partial charge in [-0.05, 0) is 31.2 Å². The molecule has 1 atom stereocenters. The van der Waals surface area contributed by atoms with Crippen molar-refractivity contribution in [1.29, 1.82) is 0 Å². The molecule has 120 valence electrons. The molecule has 0 N–H and O–H groups in total. The number of amides is 1. The molecule has 0 unspecified atom stereocenters. The van der Waals surface area contributed by atoms with Crippen molar-refractivity contribution in [1.82, 2.24) is 9.47 Å². The lowest BCUT2D eigenvalue weighted by molar-refractivity contribution is -0.384. The summed E-state index contributed by atoms with van der Waals surface area (Å²) < 4.78 is 2.18. The van der Waals surface area contributed by atoms with E-state index in [0.29, 0.717) is 12.3 Å². The second-order valence-corrected chi connectivity index (χ2v) is 6.48. The van der Waals surface area contributed by atoms with Gasteiger partial charge in [0.05, 0.1) is 16.7 Å². The van der Waals surface area contributed by atoms with Crippen molar-refractivity contribution < 1.29 is 9.72 Å². The topological polar surface area (TPSA) is 68.4 Å². The van der Waals surface area contributed by atoms with Gasteiger partial charge in [-0.3, -0.25) is 14.9 Å². The van der Waals surface area contributed by atoms with Crippen LogP contribution in [0.4, 0.5) is 5.69 Å². The van der Waals surface area contributed by atoms with Crippen molar-refractivity contribution in [2.24, 2.45) is 0 Å². The van der Waals surface area contributed by atoms with Gasteiger partial charge in [0, 0.05) is 42.0 Å². The average molecular weight is 331 g/mol. The van der Waals surface area contributed by atoms with E-state index in [2.05, 4.69) is 4.57 Å². The Morgan fingerprint density at radius 3 is 2.74 bits per heavy atom. The lowest BCUT2D eigenvalue weighted by Crippen LogP contribution is -2.41. The number of aromatic nitrogens is 1. The Balaban J connectivity index is 1.60. The Morgan fingerprint density at radius 2 is 2.04 bits per heavy atom. The van der Waals surface area contributed by atoms with Crippen LogP contribution in [0.25, 0.3) is 0 Å². The van der Waals surface area contributed by atoms with Crippen LogP contribution >= 0.6 is 11.8 Å². The third kappa shape index (κ3) is 3.24. The van der Waals surface area contributed by atoms with Gasteiger partial charge in [-0.25, -0.2) is 0 Å². The molecule has 0 saturated heterocycles. The molecule has 3 rings (SSSR count). The Kier molecular flexibility index (Phi) is 4.38. The van der Waals surface area contributed by atoms with Gasteiger partial charge in [0.15, 0.2) is 0 Å². The zero-order chi connectivity index (χ0) is 16.4. The van der Waals surface area contributed by atoms with Crippen LogP contribution in [0.1, 0.15) is 18.7 Å². The fraction of sp³-hybridized carbons (Fsp3) is 0.312. The zero-order valence-electron chi connectivity index (χ0n) is 12.7. The van der Waals surface area contributed by atoms with Crippen LogP contribution in [0, 0.1) is 10.1 Å². The van der Waals surface area contributed by atoms with E-state index in [9.17, 15) is 14.9 Å². The van der Waals surface area contributed by atoms with Crippen molar-refractivity contribution in [2.75, 3.05) is 12.3 Å². The van der Waals surface area contributed by atoms with Crippen molar-refractivity contribution in [3.8, 4) is 0 Å². The van der Waals surface area contributed by atoms with Crippen LogP contribution in [0.15, 0.2) is 47.5 Å². The summed E-state index contributed by atoms with van der Waals surface area (Å²) in [4.78, 5) is 25.4. The van der Waals surface area contributed by atoms with E-state index < -0.39 is 4.92 Å². The lowest BCUT2D eigenvalue weighted by atomic mass is 10.1. The molecule has 1 aromatic heterocycles. The standard InChI is InChI=1S/C16H17N3O3S/c1-12-15-3-2-8-17(15)9-10-18(12)16(20)11-23-14-6-4-13(5-7-14)19(21)22/h2-8,12H,9-11H2,1H3/t12-/m0/s1. The Hall–Kier alpha value is -2.28. The number of thioether (sulfide) groups is 1. The predicted molar refractivity (Wildman–Crippen MR) is 88.4 cm³/mol. The molecule has 2 heterocycles. The maximum Gasteiger partial charge on any atom is 0.269 e. The first-order chi connectivity index (χ1) is 11.1. The number of fused-ring (bicyclic) bond motifs is 1. The molecule has 2 aromatic rings. The van der Waals surface area contributed by atoms with Crippen LogP contribution in [-0.4, -0.2) is 32.6 Å². The molecule has 1 aliphatic rings. The SMILES string of the molecule is C[C@H]1c2cccn2CCN1C(=O)CSc1ccc([N+](=O)[O-])cc1. The predicted octanol–water partition coefficient (Wildman–Crippen LogP) is 3.09. The summed E-state index contributed by atoms with van der Waals surface area (Å²) in [5.74, 6) is 0.427. The highest BCUT2D eigenvalue weighted by molar-refractivity contribution is 8.00. The maximum atomic E-state index is 12.5. The number of carbonyl (C=O) groups is 1. The van der Waals surface area contributed by atoms with Gasteiger partial charge < -0.3 is 9.47 Å². The van der Waals surface area contributed by atoms with Crippen molar-refractivity contribution in [3.63, 3.8) is 0 Å². The van der Waals surface area contributed by atoms with Gasteiger partial charge in [-0.1, -0.05) is 0 Å². The van der Waals surface area contributed by atoms with E-state index in [0.717, 1.165) is 17.1 Å². The van der Waals surface area contributed by atoms with E-state index in [1.165, 1.54) is 23.9 Å². The highest BCUT2D eigenvalue weighted by Crippen LogP contribution is 2.27. The Labute approximate surface area is 138 Å². The van der Waals surface area contributed by atoms with Gasteiger partial charge in [0.2, 0.25) is 5.91 Å². The number of hydrogen-bond acceptors (Lipinski definition) is 4. The smallest absolute Gasteiger partial charge is 0.269 e. The first-order valence-corrected chi connectivity index (χ1v) is 8.36. The van der Waals surface area contributed by atoms with Crippen molar-refractivity contribution in [3.05, 3.63) is 58.4 Å². The molecule has 0 saturated carbocycles. The molecule has 0 bridgehead atoms. The molecule has 23 heavy (non-hydrogen) atoms. The van der Waals surface area contributed by atoms with Gasteiger partial charge >= 0.3 is 0 Å². The highest BCUT2D eigenvalue weighted by atomic mass is 32.2. The minimum Gasteiger partial charge on any atom is -0.348 e. The number of benzene rings is 1. The van der Waals surface area contributed by atoms with Crippen LogP contribution in [0.2, 0.25) is 0 Å². The summed E-state index contributed by atoms with van der Waals surface area (Å²) in [6.07, 6.45) is 2.04. The summed E-state index contributed by atoms with van der Waals surface area (Å²) >= 11 is 1.41. The zero-order valence-corrected chi connectivity index (χ0v) is 13.5. The molecular weight excluding hydrogens is 314 g/mol. The van der Waals surface area contributed by atoms with Gasteiger partial charge in [0.1, 0.15) is 0 Å². The monoisotopic (exact) mass is 331 g/mol. The number of nitrogens with zero attached hydrogens (tertiary/aromatic N) is 3. The average Bonchev–Trinajstić information content (AvgIpc) is 3.03. The van der Waals surface area contributed by atoms with Crippen LogP contribution < -0.4 is 0 Å². The molecule has 0 aliphatic carbocycles. The molecule has 0 fully saturated rings. The first-order valence-electron chi connectivity index (χ1n) is 7.38. The van der Waals surface area contributed by atoms with Gasteiger partial charge in [0.25, 0.3) is 5.69 Å². The normalized spacial score (nSPS) is 16.9. The summed E-state index contributed by atoms with van der Waals surface area (Å²) in [5, 5.41) is 10.6. The number of non-ortho nitro benzene ring substituents is 1. The summed E-state index contributed by atoms with van der Waals surface area (Å²) in [6.45, 7) is 3.57. The molecule has 1 aliphatic heterocycles. The third-order valence-corrected chi connectivity index (χ3v) is 5.07. The number of carbonyl (C=O) groups excluding carboxylic acids is 1. The lowest BCUT2D eigenvalue weighted by Gasteiger charge is -2.35. The molecule has 7 heteroatoms. The van der Waals surface area contributed by atoms with Crippen LogP contribution in [0.3, 0.4) is 0 Å². The molecule has 1 amide bonds. The second-order valence-electron chi connectivity index (χ2n) is 5.43. The van der Waals surface area contributed by atoms with E-state index in [1.807, 2.05) is 30.2 Å². The van der Waals surface area contributed by atoms with E-state index >= 15 is 0 Å². The van der Waals surface area contributed by atoms with E-state index in [4.69, 9.17) is 0 Å². The van der Waals surface area contributed by atoms with E-state index in [1.54, 1.807) is 12.1 Å². The molecular formula is C16H17N3O3S. The van der Waals surface area contributed by atoms with Crippen LogP contribution in [0.5, 0.6) is 0 Å². The Bertz CT molecular complexity index is 726. The molecule has 6 nitrogen and oxygen atoms in total. The number of rotatable bonds is 4. The first kappa shape index (κ1) is 15.6. The van der Waals surface area contributed by atoms with Gasteiger partial charge in [-0.2, -0.15) is 0 Å². The highest BCUT2D eigenvalue weighted by Gasteiger charge is 2.27. The van der Waals surface area contributed by atoms with Crippen molar-refractivity contribution in [2.45, 2.75) is 24.4 Å². The van der Waals surface area contributed by atoms with Crippen LogP contribution in [-0.2, 0) is 11.3 Å². The molecule has 0 spiro atoms. The summed E-state index contributed by atoms with van der Waals surface area (Å²) in [7, 11) is 0. The third-order valence-electron chi connectivity index (χ3n) is 4.07. The van der Waals surface area contributed by atoms with Crippen molar-refractivity contribution >= 4 is 23.4 Å².